The van der Waals surface area contributed by atoms with E-state index in [1.54, 1.807) is 12.1 Å². The zero-order chi connectivity index (χ0) is 18.4. The Morgan fingerprint density at radius 3 is 2.60 bits per heavy atom. The number of halogens is 2. The van der Waals surface area contributed by atoms with Crippen molar-refractivity contribution < 1.29 is 19.1 Å². The Morgan fingerprint density at radius 2 is 1.96 bits per heavy atom. The van der Waals surface area contributed by atoms with Gasteiger partial charge in [0.25, 0.3) is 5.91 Å². The second-order valence-electron chi connectivity index (χ2n) is 5.21. The van der Waals surface area contributed by atoms with Gasteiger partial charge in [-0.1, -0.05) is 29.3 Å². The number of esters is 1. The molecule has 0 unspecified atom stereocenters. The van der Waals surface area contributed by atoms with Crippen molar-refractivity contribution in [3.63, 3.8) is 0 Å². The molecular weight excluding hydrogens is 385 g/mol. The molecule has 0 spiro atoms. The van der Waals surface area contributed by atoms with Crippen molar-refractivity contribution in [1.29, 1.82) is 0 Å². The van der Waals surface area contributed by atoms with Crippen LogP contribution in [0, 0.1) is 0 Å². The summed E-state index contributed by atoms with van der Waals surface area (Å²) in [5, 5.41) is 5.38. The lowest BCUT2D eigenvalue weighted by Crippen LogP contribution is -2.38. The summed E-state index contributed by atoms with van der Waals surface area (Å²) in [6.07, 6.45) is -1.86. The Kier molecular flexibility index (Phi) is 7.11. The molecule has 8 heteroatoms. The standard InChI is InChI=1S/C17H17Cl2NO4S/c1-10(16(21)20-9-13-4-3-7-25-13)24-17(22)11(2)23-15-6-5-12(18)8-14(15)19/h3-8,10-11H,9H2,1-2H3,(H,20,21)/t10-,11+/m1/s1. The quantitative estimate of drug-likeness (QED) is 0.710. The summed E-state index contributed by atoms with van der Waals surface area (Å²) in [6.45, 7) is 3.41. The van der Waals surface area contributed by atoms with Gasteiger partial charge in [-0.25, -0.2) is 4.79 Å². The predicted octanol–water partition coefficient (Wildman–Crippen LogP) is 4.07. The van der Waals surface area contributed by atoms with E-state index in [4.69, 9.17) is 32.7 Å². The van der Waals surface area contributed by atoms with Crippen LogP contribution in [0.2, 0.25) is 10.0 Å². The lowest BCUT2D eigenvalue weighted by atomic mass is 10.3. The van der Waals surface area contributed by atoms with Crippen molar-refractivity contribution in [2.75, 3.05) is 0 Å². The summed E-state index contributed by atoms with van der Waals surface area (Å²) in [4.78, 5) is 25.1. The molecule has 0 radical (unpaired) electrons. The first-order valence-corrected chi connectivity index (χ1v) is 9.12. The van der Waals surface area contributed by atoms with Gasteiger partial charge in [0.1, 0.15) is 5.75 Å². The summed E-state index contributed by atoms with van der Waals surface area (Å²) in [6, 6.07) is 8.48. The molecule has 25 heavy (non-hydrogen) atoms. The zero-order valence-corrected chi connectivity index (χ0v) is 16.0. The van der Waals surface area contributed by atoms with Crippen LogP contribution in [0.4, 0.5) is 0 Å². The molecule has 2 rings (SSSR count). The maximum Gasteiger partial charge on any atom is 0.347 e. The molecule has 0 aliphatic carbocycles. The molecule has 1 amide bonds. The Bertz CT molecular complexity index is 736. The topological polar surface area (TPSA) is 64.6 Å². The summed E-state index contributed by atoms with van der Waals surface area (Å²) in [5.74, 6) is -0.728. The Hall–Kier alpha value is -1.76. The molecule has 5 nitrogen and oxygen atoms in total. The molecule has 1 aromatic heterocycles. The Labute approximate surface area is 159 Å². The number of nitrogens with one attached hydrogen (secondary N) is 1. The van der Waals surface area contributed by atoms with Gasteiger partial charge in [-0.2, -0.15) is 0 Å². The Morgan fingerprint density at radius 1 is 1.20 bits per heavy atom. The smallest absolute Gasteiger partial charge is 0.347 e. The summed E-state index contributed by atoms with van der Waals surface area (Å²) >= 11 is 13.3. The minimum absolute atomic E-state index is 0.286. The first-order valence-electron chi connectivity index (χ1n) is 7.49. The van der Waals surface area contributed by atoms with Crippen molar-refractivity contribution in [3.8, 4) is 5.75 Å². The summed E-state index contributed by atoms with van der Waals surface area (Å²) < 4.78 is 10.6. The molecule has 0 fully saturated rings. The fourth-order valence-corrected chi connectivity index (χ4v) is 2.96. The number of hydrogen-bond acceptors (Lipinski definition) is 5. The number of amides is 1. The van der Waals surface area contributed by atoms with E-state index in [-0.39, 0.29) is 10.9 Å². The zero-order valence-electron chi connectivity index (χ0n) is 13.6. The van der Waals surface area contributed by atoms with Gasteiger partial charge in [-0.3, -0.25) is 4.79 Å². The van der Waals surface area contributed by atoms with Crippen LogP contribution in [0.5, 0.6) is 5.75 Å². The largest absolute Gasteiger partial charge is 0.477 e. The van der Waals surface area contributed by atoms with Crippen LogP contribution in [-0.2, 0) is 20.9 Å². The van der Waals surface area contributed by atoms with E-state index in [1.165, 1.54) is 31.3 Å². The molecule has 0 saturated heterocycles. The fraction of sp³-hybridized carbons (Fsp3) is 0.294. The second-order valence-corrected chi connectivity index (χ2v) is 7.09. The third-order valence-electron chi connectivity index (χ3n) is 3.21. The Balaban J connectivity index is 1.83. The molecule has 1 heterocycles. The molecular formula is C17H17Cl2NO4S. The van der Waals surface area contributed by atoms with Crippen LogP contribution in [0.25, 0.3) is 0 Å². The van der Waals surface area contributed by atoms with E-state index in [0.29, 0.717) is 17.3 Å². The predicted molar refractivity (Wildman–Crippen MR) is 98.3 cm³/mol. The highest BCUT2D eigenvalue weighted by Gasteiger charge is 2.23. The van der Waals surface area contributed by atoms with Crippen LogP contribution >= 0.6 is 34.5 Å². The van der Waals surface area contributed by atoms with Crippen molar-refractivity contribution in [3.05, 3.63) is 50.6 Å². The highest BCUT2D eigenvalue weighted by Crippen LogP contribution is 2.28. The van der Waals surface area contributed by atoms with Crippen molar-refractivity contribution in [2.24, 2.45) is 0 Å². The van der Waals surface area contributed by atoms with E-state index >= 15 is 0 Å². The highest BCUT2D eigenvalue weighted by atomic mass is 35.5. The monoisotopic (exact) mass is 401 g/mol. The molecule has 1 N–H and O–H groups in total. The van der Waals surface area contributed by atoms with Crippen LogP contribution in [0.15, 0.2) is 35.7 Å². The third-order valence-corrected chi connectivity index (χ3v) is 4.62. The molecule has 2 aromatic rings. The van der Waals surface area contributed by atoms with E-state index in [0.717, 1.165) is 4.88 Å². The van der Waals surface area contributed by atoms with Gasteiger partial charge >= 0.3 is 5.97 Å². The number of benzene rings is 1. The molecule has 0 aliphatic heterocycles. The molecule has 0 aliphatic rings. The van der Waals surface area contributed by atoms with Crippen LogP contribution in [0.3, 0.4) is 0 Å². The first kappa shape index (κ1) is 19.6. The van der Waals surface area contributed by atoms with Gasteiger partial charge in [0.05, 0.1) is 11.6 Å². The average molecular weight is 402 g/mol. The van der Waals surface area contributed by atoms with Crippen molar-refractivity contribution in [1.82, 2.24) is 5.32 Å². The summed E-state index contributed by atoms with van der Waals surface area (Å²) in [5.41, 5.74) is 0. The lowest BCUT2D eigenvalue weighted by molar-refractivity contribution is -0.160. The van der Waals surface area contributed by atoms with E-state index < -0.39 is 18.2 Å². The van der Waals surface area contributed by atoms with Crippen molar-refractivity contribution in [2.45, 2.75) is 32.6 Å². The molecule has 2 atom stereocenters. The maximum absolute atomic E-state index is 12.1. The first-order chi connectivity index (χ1) is 11.9. The van der Waals surface area contributed by atoms with Gasteiger partial charge in [-0.05, 0) is 43.5 Å². The second kappa shape index (κ2) is 9.08. The van der Waals surface area contributed by atoms with Crippen LogP contribution in [-0.4, -0.2) is 24.1 Å². The molecule has 134 valence electrons. The van der Waals surface area contributed by atoms with E-state index in [1.807, 2.05) is 17.5 Å². The maximum atomic E-state index is 12.1. The molecule has 1 aromatic carbocycles. The number of ether oxygens (including phenoxy) is 2. The van der Waals surface area contributed by atoms with Gasteiger partial charge in [0.2, 0.25) is 0 Å². The number of carbonyl (C=O) groups excluding carboxylic acids is 2. The SMILES string of the molecule is C[C@H](Oc1ccc(Cl)cc1Cl)C(=O)O[C@H](C)C(=O)NCc1cccs1. The normalized spacial score (nSPS) is 13.0. The summed E-state index contributed by atoms with van der Waals surface area (Å²) in [7, 11) is 0. The lowest BCUT2D eigenvalue weighted by Gasteiger charge is -2.18. The minimum atomic E-state index is -0.931. The van der Waals surface area contributed by atoms with Gasteiger partial charge in [0, 0.05) is 9.90 Å². The highest BCUT2D eigenvalue weighted by molar-refractivity contribution is 7.09. The van der Waals surface area contributed by atoms with E-state index in [9.17, 15) is 9.59 Å². The number of hydrogen-bond donors (Lipinski definition) is 1. The third kappa shape index (κ3) is 5.92. The van der Waals surface area contributed by atoms with Crippen molar-refractivity contribution >= 4 is 46.4 Å². The van der Waals surface area contributed by atoms with Gasteiger partial charge in [0.15, 0.2) is 12.2 Å². The van der Waals surface area contributed by atoms with Gasteiger partial charge < -0.3 is 14.8 Å². The van der Waals surface area contributed by atoms with Crippen LogP contribution < -0.4 is 10.1 Å². The van der Waals surface area contributed by atoms with E-state index in [2.05, 4.69) is 5.32 Å². The van der Waals surface area contributed by atoms with Gasteiger partial charge in [-0.15, -0.1) is 11.3 Å². The molecule has 0 saturated carbocycles. The van der Waals surface area contributed by atoms with Crippen LogP contribution in [0.1, 0.15) is 18.7 Å². The number of carbonyl (C=O) groups is 2. The fourth-order valence-electron chi connectivity index (χ4n) is 1.86. The average Bonchev–Trinajstić information content (AvgIpc) is 3.08. The minimum Gasteiger partial charge on any atom is -0.477 e. The molecule has 0 bridgehead atoms. The number of thiophene rings is 1. The number of rotatable bonds is 7.